The molecule has 0 fully saturated rings. The average Bonchev–Trinajstić information content (AvgIpc) is 3.42. The number of rotatable bonds is 6. The van der Waals surface area contributed by atoms with Crippen LogP contribution in [0.2, 0.25) is 0 Å². The lowest BCUT2D eigenvalue weighted by molar-refractivity contribution is 1.08. The van der Waals surface area contributed by atoms with Crippen molar-refractivity contribution in [1.82, 2.24) is 25.1 Å². The van der Waals surface area contributed by atoms with Gasteiger partial charge in [0.2, 0.25) is 0 Å². The van der Waals surface area contributed by atoms with Crippen LogP contribution in [0.25, 0.3) is 47.7 Å². The van der Waals surface area contributed by atoms with Crippen molar-refractivity contribution in [2.75, 3.05) is 0 Å². The molecule has 2 N–H and O–H groups in total. The van der Waals surface area contributed by atoms with Gasteiger partial charge in [0.05, 0.1) is 17.6 Å². The minimum atomic E-state index is 0.751. The van der Waals surface area contributed by atoms with E-state index in [1.807, 2.05) is 73.1 Å². The quantitative estimate of drug-likeness (QED) is 0.490. The van der Waals surface area contributed by atoms with Crippen LogP contribution in [0, 0.1) is 0 Å². The highest BCUT2D eigenvalue weighted by Gasteiger charge is 2.10. The Morgan fingerprint density at radius 2 is 1.43 bits per heavy atom. The van der Waals surface area contributed by atoms with Gasteiger partial charge in [-0.2, -0.15) is 0 Å². The van der Waals surface area contributed by atoms with Crippen LogP contribution in [0.5, 0.6) is 0 Å². The van der Waals surface area contributed by atoms with Gasteiger partial charge in [0.15, 0.2) is 0 Å². The Balaban J connectivity index is 1.62. The Morgan fingerprint density at radius 1 is 0.750 bits per heavy atom. The van der Waals surface area contributed by atoms with E-state index in [4.69, 9.17) is 0 Å². The number of aromatic amines is 2. The van der Waals surface area contributed by atoms with Crippen LogP contribution >= 0.6 is 0 Å². The molecule has 0 unspecified atom stereocenters. The van der Waals surface area contributed by atoms with Gasteiger partial charge in [0.25, 0.3) is 0 Å². The molecule has 4 rings (SSSR count). The molecule has 5 heteroatoms. The average molecular weight is 365 g/mol. The first-order valence-electron chi connectivity index (χ1n) is 8.86. The Labute approximate surface area is 163 Å². The van der Waals surface area contributed by atoms with Gasteiger partial charge in [0.1, 0.15) is 5.69 Å². The van der Waals surface area contributed by atoms with E-state index in [-0.39, 0.29) is 0 Å². The maximum atomic E-state index is 4.50. The van der Waals surface area contributed by atoms with Crippen LogP contribution in [0.3, 0.4) is 0 Å². The van der Waals surface area contributed by atoms with E-state index in [2.05, 4.69) is 38.3 Å². The Kier molecular flexibility index (Phi) is 4.80. The molecule has 0 aromatic carbocycles. The van der Waals surface area contributed by atoms with Crippen LogP contribution in [0.4, 0.5) is 0 Å². The molecule has 2 aliphatic rings. The largest absolute Gasteiger partial charge is 0.361 e. The zero-order valence-electron chi connectivity index (χ0n) is 15.3. The maximum absolute atomic E-state index is 4.50. The summed E-state index contributed by atoms with van der Waals surface area (Å²) >= 11 is 0. The van der Waals surface area contributed by atoms with E-state index in [1.54, 1.807) is 6.20 Å². The normalized spacial score (nSPS) is 11.6. The highest BCUT2D eigenvalue weighted by molar-refractivity contribution is 5.80. The third-order valence-corrected chi connectivity index (χ3v) is 4.47. The van der Waals surface area contributed by atoms with Crippen molar-refractivity contribution in [3.8, 4) is 11.3 Å². The number of aromatic nitrogens is 5. The molecule has 2 aliphatic heterocycles. The predicted octanol–water partition coefficient (Wildman–Crippen LogP) is 5.26. The van der Waals surface area contributed by atoms with Crippen molar-refractivity contribution >= 4 is 36.5 Å². The summed E-state index contributed by atoms with van der Waals surface area (Å²) < 4.78 is 0. The van der Waals surface area contributed by atoms with Crippen molar-refractivity contribution in [2.24, 2.45) is 0 Å². The van der Waals surface area contributed by atoms with Crippen LogP contribution < -0.4 is 0 Å². The van der Waals surface area contributed by atoms with E-state index in [1.165, 1.54) is 0 Å². The van der Waals surface area contributed by atoms with Gasteiger partial charge in [-0.05, 0) is 59.7 Å². The standard InChI is InChI=1S/C23H19N5/c1-3-16-11-13-24-20(16)8-6-18-5-7-19-22(27-28-23(19)15-26-18)10-9-21-17(4-2)12-14-25-21/h3-15,24-25H,1-2H2/b8-6+,10-9+. The zero-order valence-corrected chi connectivity index (χ0v) is 15.3. The Bertz CT molecular complexity index is 1160. The molecular formula is C23H19N5. The summed E-state index contributed by atoms with van der Waals surface area (Å²) in [6.07, 6.45) is 17.0. The van der Waals surface area contributed by atoms with Crippen LogP contribution in [-0.2, 0) is 0 Å². The summed E-state index contributed by atoms with van der Waals surface area (Å²) in [6, 6.07) is 7.91. The second kappa shape index (κ2) is 7.72. The Hall–Kier alpha value is -3.99. The van der Waals surface area contributed by atoms with E-state index in [0.717, 1.165) is 45.2 Å². The van der Waals surface area contributed by atoms with Gasteiger partial charge in [-0.3, -0.25) is 4.98 Å². The number of nitrogens with zero attached hydrogens (tertiary/aromatic N) is 3. The van der Waals surface area contributed by atoms with Gasteiger partial charge < -0.3 is 9.97 Å². The molecule has 0 aliphatic carbocycles. The van der Waals surface area contributed by atoms with Gasteiger partial charge >= 0.3 is 0 Å². The summed E-state index contributed by atoms with van der Waals surface area (Å²) in [7, 11) is 0. The minimum absolute atomic E-state index is 0.751. The Morgan fingerprint density at radius 3 is 2.11 bits per heavy atom. The fourth-order valence-electron chi connectivity index (χ4n) is 2.95. The lowest BCUT2D eigenvalue weighted by Crippen LogP contribution is -1.77. The van der Waals surface area contributed by atoms with Crippen molar-refractivity contribution in [3.05, 3.63) is 89.9 Å². The van der Waals surface area contributed by atoms with Gasteiger partial charge in [0, 0.05) is 29.3 Å². The van der Waals surface area contributed by atoms with Crippen molar-refractivity contribution in [2.45, 2.75) is 0 Å². The molecule has 0 amide bonds. The van der Waals surface area contributed by atoms with Crippen molar-refractivity contribution in [1.29, 1.82) is 0 Å². The van der Waals surface area contributed by atoms with Gasteiger partial charge in [-0.25, -0.2) is 0 Å². The van der Waals surface area contributed by atoms with E-state index >= 15 is 0 Å². The lowest BCUT2D eigenvalue weighted by Gasteiger charge is -1.92. The third-order valence-electron chi connectivity index (χ3n) is 4.47. The highest BCUT2D eigenvalue weighted by atomic mass is 15.1. The zero-order chi connectivity index (χ0) is 19.3. The van der Waals surface area contributed by atoms with E-state index in [0.29, 0.717) is 0 Å². The molecular weight excluding hydrogens is 346 g/mol. The first-order chi connectivity index (χ1) is 13.8. The first kappa shape index (κ1) is 17.4. The molecule has 0 radical (unpaired) electrons. The number of hydrogen-bond donors (Lipinski definition) is 2. The highest BCUT2D eigenvalue weighted by Crippen LogP contribution is 2.24. The van der Waals surface area contributed by atoms with Crippen molar-refractivity contribution < 1.29 is 0 Å². The molecule has 0 saturated carbocycles. The topological polar surface area (TPSA) is 70.2 Å². The SMILES string of the molecule is C=Cc1cc[nH]c1/C=C/c1ccc2c(/C=C/c3[nH]ccc3C=C)nnc-2cn1. The summed E-state index contributed by atoms with van der Waals surface area (Å²) in [4.78, 5) is 10.9. The number of H-pyrrole nitrogens is 2. The monoisotopic (exact) mass is 365 g/mol. The van der Waals surface area contributed by atoms with E-state index < -0.39 is 0 Å². The molecule has 0 spiro atoms. The molecule has 2 aromatic rings. The fraction of sp³-hybridized carbons (Fsp3) is 0. The van der Waals surface area contributed by atoms with Crippen LogP contribution in [0.1, 0.15) is 33.9 Å². The molecule has 136 valence electrons. The smallest absolute Gasteiger partial charge is 0.113 e. The fourth-order valence-corrected chi connectivity index (χ4v) is 2.95. The predicted molar refractivity (Wildman–Crippen MR) is 116 cm³/mol. The second-order valence-corrected chi connectivity index (χ2v) is 6.17. The number of nitrogens with one attached hydrogen (secondary N) is 2. The molecule has 0 atom stereocenters. The molecule has 4 heterocycles. The molecule has 28 heavy (non-hydrogen) atoms. The molecule has 0 bridgehead atoms. The molecule has 2 aromatic heterocycles. The summed E-state index contributed by atoms with van der Waals surface area (Å²) in [6.45, 7) is 7.64. The van der Waals surface area contributed by atoms with Crippen LogP contribution in [-0.4, -0.2) is 25.1 Å². The maximum Gasteiger partial charge on any atom is 0.113 e. The number of fused-ring (bicyclic) bond motifs is 1. The van der Waals surface area contributed by atoms with Gasteiger partial charge in [-0.15, -0.1) is 10.2 Å². The minimum Gasteiger partial charge on any atom is -0.361 e. The summed E-state index contributed by atoms with van der Waals surface area (Å²) in [5, 5.41) is 8.51. The summed E-state index contributed by atoms with van der Waals surface area (Å²) in [5.41, 5.74) is 7.40. The second-order valence-electron chi connectivity index (χ2n) is 6.17. The van der Waals surface area contributed by atoms with Crippen molar-refractivity contribution in [3.63, 3.8) is 0 Å². The molecule has 5 nitrogen and oxygen atoms in total. The first-order valence-corrected chi connectivity index (χ1v) is 8.86. The van der Waals surface area contributed by atoms with E-state index in [9.17, 15) is 0 Å². The third kappa shape index (κ3) is 3.46. The molecule has 0 saturated heterocycles. The number of hydrogen-bond acceptors (Lipinski definition) is 3. The van der Waals surface area contributed by atoms with Crippen LogP contribution in [0.15, 0.2) is 56.0 Å². The summed E-state index contributed by atoms with van der Waals surface area (Å²) in [5.74, 6) is 0. The lowest BCUT2D eigenvalue weighted by atomic mass is 10.1. The van der Waals surface area contributed by atoms with Gasteiger partial charge in [-0.1, -0.05) is 25.3 Å².